The molecule has 0 saturated carbocycles. The summed E-state index contributed by atoms with van der Waals surface area (Å²) < 4.78 is 19.0. The topological polar surface area (TPSA) is 53.0 Å². The number of aliphatic carboxylic acids is 1. The Morgan fingerprint density at radius 1 is 1.48 bits per heavy atom. The molecule has 0 aromatic heterocycles. The third-order valence-electron chi connectivity index (χ3n) is 4.84. The summed E-state index contributed by atoms with van der Waals surface area (Å²) in [6.45, 7) is 2.27. The molecule has 25 heavy (non-hydrogen) atoms. The first-order valence-electron chi connectivity index (χ1n) is 8.44. The second kappa shape index (κ2) is 8.83. The zero-order chi connectivity index (χ0) is 18.6. The van der Waals surface area contributed by atoms with Crippen LogP contribution in [0.1, 0.15) is 24.8 Å². The number of carboxylic acids is 1. The number of ether oxygens (including phenoxy) is 1. The van der Waals surface area contributed by atoms with E-state index in [2.05, 4.69) is 9.80 Å². The van der Waals surface area contributed by atoms with Gasteiger partial charge in [-0.25, -0.2) is 4.39 Å². The van der Waals surface area contributed by atoms with E-state index in [0.29, 0.717) is 19.0 Å². The highest BCUT2D eigenvalue weighted by molar-refractivity contribution is 6.32. The van der Waals surface area contributed by atoms with Crippen molar-refractivity contribution in [1.29, 1.82) is 0 Å². The van der Waals surface area contributed by atoms with Gasteiger partial charge in [0.05, 0.1) is 12.1 Å². The Morgan fingerprint density at radius 2 is 2.20 bits per heavy atom. The number of carboxylic acid groups (broad SMARTS) is 1. The molecule has 1 aromatic rings. The molecule has 7 heteroatoms. The van der Waals surface area contributed by atoms with Crippen molar-refractivity contribution < 1.29 is 19.0 Å². The lowest BCUT2D eigenvalue weighted by molar-refractivity contribution is -0.137. The summed E-state index contributed by atoms with van der Waals surface area (Å²) in [6, 6.07) is 3.55. The molecule has 0 aliphatic carbocycles. The van der Waals surface area contributed by atoms with Crippen molar-refractivity contribution in [1.82, 2.24) is 9.80 Å². The second-order valence-corrected chi connectivity index (χ2v) is 7.25. The van der Waals surface area contributed by atoms with Gasteiger partial charge in [-0.3, -0.25) is 9.69 Å². The first kappa shape index (κ1) is 19.9. The molecule has 1 aliphatic rings. The van der Waals surface area contributed by atoms with Gasteiger partial charge < -0.3 is 14.7 Å². The lowest BCUT2D eigenvalue weighted by Gasteiger charge is -2.41. The number of likely N-dealkylation sites (tertiary alicyclic amines) is 1. The fraction of sp³-hybridized carbons (Fsp3) is 0.611. The van der Waals surface area contributed by atoms with E-state index >= 15 is 0 Å². The van der Waals surface area contributed by atoms with Gasteiger partial charge in [-0.05, 0) is 57.1 Å². The van der Waals surface area contributed by atoms with Crippen LogP contribution in [0.3, 0.4) is 0 Å². The van der Waals surface area contributed by atoms with Gasteiger partial charge in [-0.2, -0.15) is 0 Å². The van der Waals surface area contributed by atoms with Crippen LogP contribution in [0.15, 0.2) is 12.1 Å². The maximum Gasteiger partial charge on any atom is 0.303 e. The zero-order valence-corrected chi connectivity index (χ0v) is 15.7. The minimum Gasteiger partial charge on any atom is -0.492 e. The molecule has 1 heterocycles. The van der Waals surface area contributed by atoms with Gasteiger partial charge >= 0.3 is 5.97 Å². The average Bonchev–Trinajstić information content (AvgIpc) is 2.52. The predicted molar refractivity (Wildman–Crippen MR) is 95.7 cm³/mol. The molecule has 1 saturated heterocycles. The molecular weight excluding hydrogens is 347 g/mol. The summed E-state index contributed by atoms with van der Waals surface area (Å²) in [4.78, 5) is 15.3. The van der Waals surface area contributed by atoms with Crippen molar-refractivity contribution in [3.05, 3.63) is 28.5 Å². The molecule has 140 valence electrons. The molecule has 1 aliphatic heterocycles. The normalized spacial score (nSPS) is 21.5. The first-order valence-corrected chi connectivity index (χ1v) is 8.82. The summed E-state index contributed by atoms with van der Waals surface area (Å²) >= 11 is 6.08. The largest absolute Gasteiger partial charge is 0.492 e. The van der Waals surface area contributed by atoms with Crippen LogP contribution < -0.4 is 4.74 Å². The third-order valence-corrected chi connectivity index (χ3v) is 5.12. The molecule has 0 unspecified atom stereocenters. The lowest BCUT2D eigenvalue weighted by atomic mass is 9.87. The quantitative estimate of drug-likeness (QED) is 0.797. The van der Waals surface area contributed by atoms with Crippen LogP contribution in [0.4, 0.5) is 4.39 Å². The monoisotopic (exact) mass is 372 g/mol. The molecule has 2 rings (SSSR count). The zero-order valence-electron chi connectivity index (χ0n) is 15.0. The summed E-state index contributed by atoms with van der Waals surface area (Å²) in [6.07, 6.45) is 1.78. The average molecular weight is 373 g/mol. The number of hydrogen-bond donors (Lipinski definition) is 1. The van der Waals surface area contributed by atoms with Crippen LogP contribution in [0.25, 0.3) is 0 Å². The highest BCUT2D eigenvalue weighted by Crippen LogP contribution is 2.31. The molecule has 1 aromatic carbocycles. The number of benzene rings is 1. The Bertz CT molecular complexity index is 589. The van der Waals surface area contributed by atoms with Crippen molar-refractivity contribution in [2.75, 3.05) is 34.3 Å². The van der Waals surface area contributed by atoms with E-state index in [1.165, 1.54) is 13.2 Å². The summed E-state index contributed by atoms with van der Waals surface area (Å²) in [7, 11) is 5.46. The van der Waals surface area contributed by atoms with Crippen LogP contribution >= 0.6 is 11.6 Å². The van der Waals surface area contributed by atoms with Gasteiger partial charge in [-0.1, -0.05) is 11.6 Å². The molecular formula is C18H26ClFN2O3. The Labute approximate surface area is 153 Å². The maximum absolute atomic E-state index is 14.0. The maximum atomic E-state index is 14.0. The second-order valence-electron chi connectivity index (χ2n) is 6.84. The SMILES string of the molecule is COc1c(F)cc(CN2CC[C@H](N(C)C)[C@H](CCC(=O)O)C2)cc1Cl. The van der Waals surface area contributed by atoms with Crippen LogP contribution in [0, 0.1) is 11.7 Å². The number of carbonyl (C=O) groups is 1. The highest BCUT2D eigenvalue weighted by atomic mass is 35.5. The lowest BCUT2D eigenvalue weighted by Crippen LogP contribution is -2.48. The van der Waals surface area contributed by atoms with Gasteiger partial charge in [0.15, 0.2) is 11.6 Å². The molecule has 0 bridgehead atoms. The van der Waals surface area contributed by atoms with Gasteiger partial charge in [0, 0.05) is 25.6 Å². The van der Waals surface area contributed by atoms with Crippen molar-refractivity contribution in [2.45, 2.75) is 31.8 Å². The Hall–Kier alpha value is -1.37. The standard InChI is InChI=1S/C18H26ClFN2O3/c1-21(2)16-6-7-22(11-13(16)4-5-17(23)24)10-12-8-14(19)18(25-3)15(20)9-12/h8-9,13,16H,4-7,10-11H2,1-3H3,(H,23,24)/t13-,16+/m1/s1. The van der Waals surface area contributed by atoms with Crippen molar-refractivity contribution >= 4 is 17.6 Å². The van der Waals surface area contributed by atoms with E-state index < -0.39 is 11.8 Å². The predicted octanol–water partition coefficient (Wildman–Crippen LogP) is 3.10. The number of hydrogen-bond acceptors (Lipinski definition) is 4. The van der Waals surface area contributed by atoms with E-state index in [0.717, 1.165) is 25.1 Å². The Morgan fingerprint density at radius 3 is 2.76 bits per heavy atom. The van der Waals surface area contributed by atoms with Crippen molar-refractivity contribution in [3.63, 3.8) is 0 Å². The van der Waals surface area contributed by atoms with Gasteiger partial charge in [-0.15, -0.1) is 0 Å². The number of halogens is 2. The van der Waals surface area contributed by atoms with Crippen LogP contribution in [0.2, 0.25) is 5.02 Å². The van der Waals surface area contributed by atoms with E-state index in [-0.39, 0.29) is 23.1 Å². The minimum absolute atomic E-state index is 0.0658. The van der Waals surface area contributed by atoms with Crippen LogP contribution in [-0.2, 0) is 11.3 Å². The Kier molecular flexibility index (Phi) is 7.04. The van der Waals surface area contributed by atoms with Gasteiger partial charge in [0.1, 0.15) is 0 Å². The Balaban J connectivity index is 2.06. The number of rotatable bonds is 7. The van der Waals surface area contributed by atoms with E-state index in [1.807, 2.05) is 14.1 Å². The summed E-state index contributed by atoms with van der Waals surface area (Å²) in [5, 5.41) is 9.25. The molecule has 1 N–H and O–H groups in total. The summed E-state index contributed by atoms with van der Waals surface area (Å²) in [5.41, 5.74) is 0.795. The molecule has 2 atom stereocenters. The van der Waals surface area contributed by atoms with Crippen molar-refractivity contribution in [2.24, 2.45) is 5.92 Å². The van der Waals surface area contributed by atoms with E-state index in [4.69, 9.17) is 21.4 Å². The van der Waals surface area contributed by atoms with Crippen molar-refractivity contribution in [3.8, 4) is 5.75 Å². The van der Waals surface area contributed by atoms with Gasteiger partial charge in [0.2, 0.25) is 0 Å². The molecule has 1 fully saturated rings. The molecule has 5 nitrogen and oxygen atoms in total. The molecule has 0 spiro atoms. The summed E-state index contributed by atoms with van der Waals surface area (Å²) in [5.74, 6) is -0.885. The third kappa shape index (κ3) is 5.30. The minimum atomic E-state index is -0.765. The van der Waals surface area contributed by atoms with E-state index in [1.54, 1.807) is 6.07 Å². The first-order chi connectivity index (χ1) is 11.8. The van der Waals surface area contributed by atoms with Crippen LogP contribution in [-0.4, -0.2) is 61.2 Å². The number of methoxy groups -OCH3 is 1. The smallest absolute Gasteiger partial charge is 0.303 e. The molecule has 0 radical (unpaired) electrons. The highest BCUT2D eigenvalue weighted by Gasteiger charge is 2.31. The fourth-order valence-corrected chi connectivity index (χ4v) is 3.98. The fourth-order valence-electron chi connectivity index (χ4n) is 3.67. The number of piperidine rings is 1. The molecule has 0 amide bonds. The van der Waals surface area contributed by atoms with Crippen LogP contribution in [0.5, 0.6) is 5.75 Å². The number of nitrogens with zero attached hydrogens (tertiary/aromatic N) is 2. The van der Waals surface area contributed by atoms with E-state index in [9.17, 15) is 9.18 Å². The van der Waals surface area contributed by atoms with Gasteiger partial charge in [0.25, 0.3) is 0 Å².